The van der Waals surface area contributed by atoms with Gasteiger partial charge < -0.3 is 16.0 Å². The summed E-state index contributed by atoms with van der Waals surface area (Å²) >= 11 is 0. The molecule has 1 aromatic carbocycles. The number of nitrogens with zero attached hydrogens (tertiary/aromatic N) is 2. The highest BCUT2D eigenvalue weighted by atomic mass is 16.2. The van der Waals surface area contributed by atoms with Crippen molar-refractivity contribution in [2.24, 2.45) is 0 Å². The van der Waals surface area contributed by atoms with Gasteiger partial charge in [0.15, 0.2) is 0 Å². The third-order valence-electron chi connectivity index (χ3n) is 2.76. The van der Waals surface area contributed by atoms with Crippen LogP contribution in [0.4, 0.5) is 11.4 Å². The minimum absolute atomic E-state index is 0.0242. The van der Waals surface area contributed by atoms with Crippen molar-refractivity contribution in [2.45, 2.75) is 13.3 Å². The molecule has 18 heavy (non-hydrogen) atoms. The summed E-state index contributed by atoms with van der Waals surface area (Å²) in [6.45, 7) is 2.84. The van der Waals surface area contributed by atoms with E-state index in [2.05, 4.69) is 11.4 Å². The number of amides is 1. The van der Waals surface area contributed by atoms with Crippen LogP contribution in [0.25, 0.3) is 0 Å². The molecule has 0 unspecified atom stereocenters. The first-order valence-electron chi connectivity index (χ1n) is 5.81. The largest absolute Gasteiger partial charge is 0.398 e. The number of carbonyl (C=O) groups excluding carboxylic acids is 1. The summed E-state index contributed by atoms with van der Waals surface area (Å²) in [5.41, 5.74) is 7.92. The number of nitrogens with one attached hydrogen (secondary N) is 1. The van der Waals surface area contributed by atoms with Gasteiger partial charge in [-0.25, -0.2) is 0 Å². The van der Waals surface area contributed by atoms with E-state index in [9.17, 15) is 4.79 Å². The molecule has 0 spiro atoms. The second kappa shape index (κ2) is 6.50. The maximum Gasteiger partial charge on any atom is 0.241 e. The van der Waals surface area contributed by atoms with E-state index in [0.717, 1.165) is 11.3 Å². The number of nitrogen functional groups attached to an aromatic ring is 1. The zero-order chi connectivity index (χ0) is 13.5. The molecule has 0 saturated carbocycles. The van der Waals surface area contributed by atoms with Gasteiger partial charge in [0.05, 0.1) is 19.0 Å². The fraction of sp³-hybridized carbons (Fsp3) is 0.385. The monoisotopic (exact) mass is 246 g/mol. The lowest BCUT2D eigenvalue weighted by molar-refractivity contribution is -0.127. The Kier molecular flexibility index (Phi) is 5.00. The van der Waals surface area contributed by atoms with Crippen LogP contribution in [0.1, 0.15) is 12.5 Å². The highest BCUT2D eigenvalue weighted by Gasteiger charge is 2.06. The van der Waals surface area contributed by atoms with Crippen molar-refractivity contribution < 1.29 is 4.79 Å². The Morgan fingerprint density at radius 3 is 2.89 bits per heavy atom. The molecule has 1 aromatic rings. The smallest absolute Gasteiger partial charge is 0.241 e. The normalized spacial score (nSPS) is 9.61. The Bertz CT molecular complexity index is 465. The molecule has 3 N–H and O–H groups in total. The van der Waals surface area contributed by atoms with E-state index in [1.54, 1.807) is 30.1 Å². The fourth-order valence-corrected chi connectivity index (χ4v) is 1.44. The molecule has 5 heteroatoms. The third kappa shape index (κ3) is 3.67. The molecule has 96 valence electrons. The van der Waals surface area contributed by atoms with Crippen molar-refractivity contribution in [3.63, 3.8) is 0 Å². The van der Waals surface area contributed by atoms with Crippen LogP contribution in [0.15, 0.2) is 18.2 Å². The number of hydrogen-bond donors (Lipinski definition) is 2. The Labute approximate surface area is 107 Å². The Morgan fingerprint density at radius 2 is 2.28 bits per heavy atom. The summed E-state index contributed by atoms with van der Waals surface area (Å²) in [6, 6.07) is 7.40. The summed E-state index contributed by atoms with van der Waals surface area (Å²) in [4.78, 5) is 13.3. The van der Waals surface area contributed by atoms with Crippen LogP contribution in [-0.2, 0) is 11.2 Å². The van der Waals surface area contributed by atoms with E-state index in [1.165, 1.54) is 0 Å². The molecule has 1 amide bonds. The number of hydrogen-bond acceptors (Lipinski definition) is 4. The minimum Gasteiger partial charge on any atom is -0.398 e. The van der Waals surface area contributed by atoms with E-state index >= 15 is 0 Å². The summed E-state index contributed by atoms with van der Waals surface area (Å²) in [7, 11) is 1.76. The number of nitriles is 1. The predicted octanol–water partition coefficient (Wildman–Crippen LogP) is 1.23. The van der Waals surface area contributed by atoms with Crippen LogP contribution in [0.3, 0.4) is 0 Å². The van der Waals surface area contributed by atoms with Crippen molar-refractivity contribution in [2.75, 3.05) is 31.2 Å². The minimum atomic E-state index is 0.0242. The van der Waals surface area contributed by atoms with Gasteiger partial charge in [-0.1, -0.05) is 0 Å². The highest BCUT2D eigenvalue weighted by Crippen LogP contribution is 2.18. The van der Waals surface area contributed by atoms with Crippen LogP contribution in [0.5, 0.6) is 0 Å². The average Bonchev–Trinajstić information content (AvgIpc) is 2.38. The molecule has 0 fully saturated rings. The van der Waals surface area contributed by atoms with E-state index in [4.69, 9.17) is 11.0 Å². The first-order valence-corrected chi connectivity index (χ1v) is 5.81. The summed E-state index contributed by atoms with van der Waals surface area (Å²) in [5.74, 6) is 0.0242. The fourth-order valence-electron chi connectivity index (χ4n) is 1.44. The van der Waals surface area contributed by atoms with Gasteiger partial charge in [-0.3, -0.25) is 4.79 Å². The Balaban J connectivity index is 2.66. The molecule has 0 aliphatic rings. The molecule has 5 nitrogen and oxygen atoms in total. The van der Waals surface area contributed by atoms with Gasteiger partial charge in [0.1, 0.15) is 0 Å². The van der Waals surface area contributed by atoms with E-state index in [-0.39, 0.29) is 18.9 Å². The molecule has 0 aliphatic heterocycles. The zero-order valence-electron chi connectivity index (χ0n) is 10.7. The molecule has 0 atom stereocenters. The lowest BCUT2D eigenvalue weighted by Crippen LogP contribution is -2.31. The molecule has 0 heterocycles. The topological polar surface area (TPSA) is 82.2 Å². The molecule has 1 rings (SSSR count). The van der Waals surface area contributed by atoms with Crippen LogP contribution in [0.2, 0.25) is 0 Å². The third-order valence-corrected chi connectivity index (χ3v) is 2.76. The van der Waals surface area contributed by atoms with Crippen molar-refractivity contribution in [3.05, 3.63) is 23.8 Å². The van der Waals surface area contributed by atoms with Crippen LogP contribution >= 0.6 is 0 Å². The molecule has 0 saturated heterocycles. The molecule has 0 radical (unpaired) electrons. The molecule has 0 bridgehead atoms. The van der Waals surface area contributed by atoms with Crippen LogP contribution < -0.4 is 11.1 Å². The summed E-state index contributed by atoms with van der Waals surface area (Å²) in [5, 5.41) is 11.7. The lowest BCUT2D eigenvalue weighted by atomic mass is 10.1. The van der Waals surface area contributed by atoms with E-state index in [1.807, 2.05) is 6.92 Å². The number of nitrogens with two attached hydrogens (primary N) is 1. The quantitative estimate of drug-likeness (QED) is 0.765. The molecule has 0 aromatic heterocycles. The lowest BCUT2D eigenvalue weighted by Gasteiger charge is -2.15. The number of anilines is 2. The molecular weight excluding hydrogens is 228 g/mol. The molecule has 0 aliphatic carbocycles. The van der Waals surface area contributed by atoms with Gasteiger partial charge in [0, 0.05) is 25.0 Å². The van der Waals surface area contributed by atoms with Gasteiger partial charge in [-0.2, -0.15) is 5.26 Å². The van der Waals surface area contributed by atoms with Crippen molar-refractivity contribution in [3.8, 4) is 6.07 Å². The van der Waals surface area contributed by atoms with Gasteiger partial charge in [0.2, 0.25) is 5.91 Å². The second-order valence-electron chi connectivity index (χ2n) is 4.01. The van der Waals surface area contributed by atoms with Gasteiger partial charge in [0.25, 0.3) is 0 Å². The zero-order valence-corrected chi connectivity index (χ0v) is 10.7. The molecular formula is C13H18N4O. The van der Waals surface area contributed by atoms with Crippen molar-refractivity contribution >= 4 is 17.3 Å². The first kappa shape index (κ1) is 13.8. The maximum atomic E-state index is 11.6. The van der Waals surface area contributed by atoms with Gasteiger partial charge in [-0.05, 0) is 30.7 Å². The first-order chi connectivity index (χ1) is 8.58. The van der Waals surface area contributed by atoms with Crippen LogP contribution in [-0.4, -0.2) is 30.9 Å². The average molecular weight is 246 g/mol. The highest BCUT2D eigenvalue weighted by molar-refractivity contribution is 5.80. The van der Waals surface area contributed by atoms with E-state index < -0.39 is 0 Å². The van der Waals surface area contributed by atoms with Gasteiger partial charge in [-0.15, -0.1) is 0 Å². The predicted molar refractivity (Wildman–Crippen MR) is 72.0 cm³/mol. The number of likely N-dealkylation sites (N-methyl/N-ethyl adjacent to an activating group) is 1. The second-order valence-corrected chi connectivity index (χ2v) is 4.01. The standard InChI is InChI=1S/C13H18N4O/c1-3-17(2)13(18)9-16-11-4-5-12(15)10(8-11)6-7-14/h4-5,8,16H,3,6,9,15H2,1-2H3. The Morgan fingerprint density at radius 1 is 1.56 bits per heavy atom. The summed E-state index contributed by atoms with van der Waals surface area (Å²) in [6.07, 6.45) is 0.268. The SMILES string of the molecule is CCN(C)C(=O)CNc1ccc(N)c(CC#N)c1. The number of benzene rings is 1. The van der Waals surface area contributed by atoms with Crippen LogP contribution in [0, 0.1) is 11.3 Å². The number of carbonyl (C=O) groups is 1. The van der Waals surface area contributed by atoms with Crippen molar-refractivity contribution in [1.29, 1.82) is 5.26 Å². The van der Waals surface area contributed by atoms with Crippen molar-refractivity contribution in [1.82, 2.24) is 4.90 Å². The Hall–Kier alpha value is -2.22. The van der Waals surface area contributed by atoms with E-state index in [0.29, 0.717) is 12.2 Å². The summed E-state index contributed by atoms with van der Waals surface area (Å²) < 4.78 is 0. The van der Waals surface area contributed by atoms with Gasteiger partial charge >= 0.3 is 0 Å². The number of rotatable bonds is 5. The maximum absolute atomic E-state index is 11.6.